The highest BCUT2D eigenvalue weighted by Gasteiger charge is 2.54. The minimum Gasteiger partial charge on any atom is -0.481 e. The molecule has 13 heteroatoms. The average molecular weight is 645 g/mol. The van der Waals surface area contributed by atoms with Gasteiger partial charge >= 0.3 is 12.1 Å². The van der Waals surface area contributed by atoms with Crippen molar-refractivity contribution in [3.63, 3.8) is 0 Å². The van der Waals surface area contributed by atoms with E-state index in [4.69, 9.17) is 27.9 Å². The van der Waals surface area contributed by atoms with Gasteiger partial charge in [-0.25, -0.2) is 0 Å². The maximum atomic E-state index is 14.6. The smallest absolute Gasteiger partial charge is 0.433 e. The normalized spacial score (nSPS) is 28.7. The van der Waals surface area contributed by atoms with Gasteiger partial charge in [-0.1, -0.05) is 23.2 Å². The van der Waals surface area contributed by atoms with Crippen LogP contribution in [0.3, 0.4) is 0 Å². The van der Waals surface area contributed by atoms with Crippen LogP contribution in [0.2, 0.25) is 10.0 Å². The molecule has 0 spiro atoms. The molecule has 2 saturated heterocycles. The van der Waals surface area contributed by atoms with E-state index in [0.29, 0.717) is 12.8 Å². The van der Waals surface area contributed by atoms with Crippen LogP contribution in [0.5, 0.6) is 0 Å². The van der Waals surface area contributed by atoms with Crippen LogP contribution < -0.4 is 0 Å². The van der Waals surface area contributed by atoms with Crippen molar-refractivity contribution >= 4 is 40.9 Å². The molecule has 3 fully saturated rings. The quantitative estimate of drug-likeness (QED) is 0.307. The Labute approximate surface area is 257 Å². The van der Waals surface area contributed by atoms with Crippen LogP contribution in [0.25, 0.3) is 0 Å². The summed E-state index contributed by atoms with van der Waals surface area (Å²) in [5.74, 6) is -2.61. The number of aliphatic carboxylic acids is 1. The number of halogens is 5. The molecule has 43 heavy (non-hydrogen) atoms. The molecule has 3 aliphatic rings. The molecule has 0 unspecified atom stereocenters. The lowest BCUT2D eigenvalue weighted by molar-refractivity contribution is -0.152. The van der Waals surface area contributed by atoms with Gasteiger partial charge in [-0.05, 0) is 89.8 Å². The summed E-state index contributed by atoms with van der Waals surface area (Å²) in [7, 11) is 0. The molecule has 1 saturated carbocycles. The molecule has 0 atom stereocenters. The number of alkyl halides is 3. The third-order valence-electron chi connectivity index (χ3n) is 9.46. The second-order valence-corrected chi connectivity index (χ2v) is 13.7. The lowest BCUT2D eigenvalue weighted by Crippen LogP contribution is -2.47. The number of fused-ring (bicyclic) bond motifs is 2. The van der Waals surface area contributed by atoms with Gasteiger partial charge in [-0.15, -0.1) is 0 Å². The number of aryl methyl sites for hydroxylation is 1. The van der Waals surface area contributed by atoms with Crippen molar-refractivity contribution in [1.82, 2.24) is 14.7 Å². The highest BCUT2D eigenvalue weighted by atomic mass is 35.5. The third-order valence-corrected chi connectivity index (χ3v) is 10.1. The predicted molar refractivity (Wildman–Crippen MR) is 153 cm³/mol. The Morgan fingerprint density at radius 2 is 1.65 bits per heavy atom. The molecule has 2 aromatic rings. The van der Waals surface area contributed by atoms with Crippen molar-refractivity contribution in [3.8, 4) is 0 Å². The van der Waals surface area contributed by atoms with E-state index in [0.717, 1.165) is 34.2 Å². The monoisotopic (exact) mass is 643 g/mol. The summed E-state index contributed by atoms with van der Waals surface area (Å²) in [5.41, 5.74) is -3.39. The van der Waals surface area contributed by atoms with Crippen molar-refractivity contribution in [2.24, 2.45) is 5.41 Å². The van der Waals surface area contributed by atoms with Crippen LogP contribution in [0.4, 0.5) is 13.2 Å². The Morgan fingerprint density at radius 1 is 1.07 bits per heavy atom. The minimum absolute atomic E-state index is 0.0109. The first-order valence-electron chi connectivity index (χ1n) is 14.3. The van der Waals surface area contributed by atoms with E-state index in [9.17, 15) is 32.7 Å². The summed E-state index contributed by atoms with van der Waals surface area (Å²) in [6.45, 7) is 4.65. The van der Waals surface area contributed by atoms with Crippen LogP contribution in [0.15, 0.2) is 18.3 Å². The fraction of sp³-hybridized carbons (Fsp3) is 0.600. The van der Waals surface area contributed by atoms with Gasteiger partial charge in [-0.2, -0.15) is 18.3 Å². The highest BCUT2D eigenvalue weighted by Crippen LogP contribution is 2.51. The van der Waals surface area contributed by atoms with Crippen LogP contribution in [0, 0.1) is 12.3 Å². The first kappa shape index (κ1) is 31.8. The number of carbonyl (C=O) groups excluding carboxylic acids is 2. The molecule has 8 nitrogen and oxygen atoms in total. The number of Topliss-reactive ketones (excluding diaryl/α,β-unsaturated/α-hetero) is 1. The number of carboxylic acids is 1. The summed E-state index contributed by atoms with van der Waals surface area (Å²) in [5, 5.41) is 13.7. The van der Waals surface area contributed by atoms with Gasteiger partial charge < -0.3 is 14.7 Å². The van der Waals surface area contributed by atoms with Gasteiger partial charge in [0.1, 0.15) is 0 Å². The molecular weight excluding hydrogens is 610 g/mol. The topological polar surface area (TPSA) is 102 Å². The Balaban J connectivity index is 1.49. The number of carboxylic acid groups (broad SMARTS) is 1. The summed E-state index contributed by atoms with van der Waals surface area (Å²) >= 11 is 12.7. The standard InChI is InChI=1S/C30H34Cl2F3N3O5/c1-17-12-20(31)23(21(32)13-17)22(39)15-37(16-29-10-8-28(3,43-29)9-11-29)25(40)19-14-36-38(24(19)30(33,34)35)18-4-6-27(2,7-5-18)26(41)42/h12-14,18H,4-11,15-16H2,1-3H3,(H,41,42)/t18-,27-,28?,29?. The summed E-state index contributed by atoms with van der Waals surface area (Å²) in [4.78, 5) is 40.4. The van der Waals surface area contributed by atoms with Crippen molar-refractivity contribution in [2.45, 2.75) is 95.6 Å². The van der Waals surface area contributed by atoms with E-state index in [2.05, 4.69) is 5.10 Å². The molecule has 2 aliphatic heterocycles. The van der Waals surface area contributed by atoms with E-state index in [-0.39, 0.29) is 53.4 Å². The fourth-order valence-corrected chi connectivity index (χ4v) is 7.67. The van der Waals surface area contributed by atoms with Crippen molar-refractivity contribution < 1.29 is 37.4 Å². The van der Waals surface area contributed by atoms with Gasteiger partial charge in [0.25, 0.3) is 5.91 Å². The van der Waals surface area contributed by atoms with Crippen molar-refractivity contribution in [2.75, 3.05) is 13.1 Å². The zero-order valence-corrected chi connectivity index (χ0v) is 25.7. The largest absolute Gasteiger partial charge is 0.481 e. The van der Waals surface area contributed by atoms with Crippen LogP contribution >= 0.6 is 23.2 Å². The van der Waals surface area contributed by atoms with E-state index in [1.807, 2.05) is 6.92 Å². The molecule has 0 radical (unpaired) electrons. The molecule has 1 N–H and O–H groups in total. The maximum Gasteiger partial charge on any atom is 0.433 e. The molecular formula is C30H34Cl2F3N3O5. The number of aromatic nitrogens is 2. The van der Waals surface area contributed by atoms with Crippen molar-refractivity contribution in [1.29, 1.82) is 0 Å². The summed E-state index contributed by atoms with van der Waals surface area (Å²) in [6, 6.07) is 2.37. The lowest BCUT2D eigenvalue weighted by atomic mass is 9.74. The van der Waals surface area contributed by atoms with E-state index >= 15 is 0 Å². The van der Waals surface area contributed by atoms with Crippen LogP contribution in [-0.4, -0.2) is 61.7 Å². The van der Waals surface area contributed by atoms with E-state index in [1.165, 1.54) is 0 Å². The Kier molecular flexibility index (Phi) is 8.18. The first-order chi connectivity index (χ1) is 20.0. The summed E-state index contributed by atoms with van der Waals surface area (Å²) < 4.78 is 51.0. The number of nitrogens with zero attached hydrogens (tertiary/aromatic N) is 3. The Hall–Kier alpha value is -2.63. The number of hydrogen-bond acceptors (Lipinski definition) is 5. The number of ketones is 1. The molecule has 1 amide bonds. The number of benzene rings is 1. The molecule has 2 bridgehead atoms. The van der Waals surface area contributed by atoms with Crippen molar-refractivity contribution in [3.05, 3.63) is 50.8 Å². The van der Waals surface area contributed by atoms with Gasteiger partial charge in [0.2, 0.25) is 0 Å². The molecule has 234 valence electrons. The highest BCUT2D eigenvalue weighted by molar-refractivity contribution is 6.40. The number of ether oxygens (including phenoxy) is 1. The third kappa shape index (κ3) is 6.04. The predicted octanol–water partition coefficient (Wildman–Crippen LogP) is 7.15. The van der Waals surface area contributed by atoms with E-state index < -0.39 is 58.7 Å². The minimum atomic E-state index is -4.94. The Morgan fingerprint density at radius 3 is 2.14 bits per heavy atom. The molecule has 3 heterocycles. The SMILES string of the molecule is Cc1cc(Cl)c(C(=O)CN(CC23CCC(C)(CC2)O3)C(=O)c2cnn([C@H]3CC[C@](C)(C(=O)O)CC3)c2C(F)(F)F)c(Cl)c1. The number of hydrogen-bond donors (Lipinski definition) is 1. The van der Waals surface area contributed by atoms with Gasteiger partial charge in [-0.3, -0.25) is 19.1 Å². The second-order valence-electron chi connectivity index (χ2n) is 12.9. The average Bonchev–Trinajstić information content (AvgIpc) is 3.58. The van der Waals surface area contributed by atoms with Crippen LogP contribution in [-0.2, 0) is 15.7 Å². The number of carbonyl (C=O) groups is 3. The molecule has 1 aromatic heterocycles. The van der Waals surface area contributed by atoms with E-state index in [1.54, 1.807) is 26.0 Å². The van der Waals surface area contributed by atoms with Gasteiger partial charge in [0, 0.05) is 0 Å². The molecule has 1 aromatic carbocycles. The van der Waals surface area contributed by atoms with Gasteiger partial charge in [0.05, 0.1) is 63.1 Å². The first-order valence-corrected chi connectivity index (χ1v) is 15.1. The second kappa shape index (κ2) is 11.1. The Bertz CT molecular complexity index is 1430. The summed E-state index contributed by atoms with van der Waals surface area (Å²) in [6.07, 6.45) is -0.717. The number of rotatable bonds is 8. The zero-order chi connectivity index (χ0) is 31.5. The molecule has 5 rings (SSSR count). The maximum absolute atomic E-state index is 14.6. The molecule has 1 aliphatic carbocycles. The number of amides is 1. The van der Waals surface area contributed by atoms with Gasteiger partial charge in [0.15, 0.2) is 11.5 Å². The fourth-order valence-electron chi connectivity index (χ4n) is 6.86. The lowest BCUT2D eigenvalue weighted by Gasteiger charge is -2.35. The van der Waals surface area contributed by atoms with Crippen LogP contribution in [0.1, 0.15) is 103 Å². The zero-order valence-electron chi connectivity index (χ0n) is 24.2.